The van der Waals surface area contributed by atoms with Gasteiger partial charge in [-0.05, 0) is 34.8 Å². The minimum atomic E-state index is 0.220. The predicted molar refractivity (Wildman–Crippen MR) is 70.8 cm³/mol. The van der Waals surface area contributed by atoms with Crippen LogP contribution >= 0.6 is 27.5 Å². The van der Waals surface area contributed by atoms with Gasteiger partial charge in [0.05, 0.1) is 9.50 Å². The summed E-state index contributed by atoms with van der Waals surface area (Å²) in [5.74, 6) is 0.826. The molecule has 0 bridgehead atoms. The minimum Gasteiger partial charge on any atom is -0.365 e. The molecule has 88 valence electrons. The van der Waals surface area contributed by atoms with Crippen molar-refractivity contribution in [3.63, 3.8) is 0 Å². The van der Waals surface area contributed by atoms with Gasteiger partial charge >= 0.3 is 0 Å². The second-order valence-electron chi connectivity index (χ2n) is 4.18. The smallest absolute Gasteiger partial charge is 0.140 e. The first-order chi connectivity index (χ1) is 7.66. The van der Waals surface area contributed by atoms with Crippen molar-refractivity contribution in [1.29, 1.82) is 0 Å². The Labute approximate surface area is 109 Å². The molecule has 0 amide bonds. The monoisotopic (exact) mass is 303 g/mol. The van der Waals surface area contributed by atoms with Crippen molar-refractivity contribution in [3.05, 3.63) is 21.8 Å². The summed E-state index contributed by atoms with van der Waals surface area (Å²) in [4.78, 5) is 4.26. The minimum absolute atomic E-state index is 0.220. The zero-order chi connectivity index (χ0) is 11.5. The van der Waals surface area contributed by atoms with Gasteiger partial charge in [-0.15, -0.1) is 0 Å². The molecule has 3 N–H and O–H groups in total. The average molecular weight is 305 g/mol. The standard InChI is InChI=1S/C11H15BrClN3/c12-8-5-7(13)6-15-11(8)16-10-4-2-1-3-9(10)14/h5-6,9-10H,1-4,14H2,(H,15,16)/t9-,10-/m1/s1. The molecule has 0 saturated heterocycles. The van der Waals surface area contributed by atoms with E-state index in [2.05, 4.69) is 26.2 Å². The van der Waals surface area contributed by atoms with Gasteiger partial charge in [-0.25, -0.2) is 4.98 Å². The van der Waals surface area contributed by atoms with E-state index < -0.39 is 0 Å². The molecule has 1 aromatic heterocycles. The van der Waals surface area contributed by atoms with Gasteiger partial charge in [0, 0.05) is 18.3 Å². The summed E-state index contributed by atoms with van der Waals surface area (Å²) in [5.41, 5.74) is 6.08. The lowest BCUT2D eigenvalue weighted by Crippen LogP contribution is -2.42. The van der Waals surface area contributed by atoms with E-state index >= 15 is 0 Å². The second kappa shape index (κ2) is 5.34. The normalized spacial score (nSPS) is 25.4. The third kappa shape index (κ3) is 2.87. The Morgan fingerprint density at radius 3 is 2.88 bits per heavy atom. The van der Waals surface area contributed by atoms with E-state index in [0.717, 1.165) is 23.1 Å². The summed E-state index contributed by atoms with van der Waals surface area (Å²) in [7, 11) is 0. The molecule has 1 aromatic rings. The van der Waals surface area contributed by atoms with Gasteiger partial charge in [0.2, 0.25) is 0 Å². The molecule has 0 radical (unpaired) electrons. The van der Waals surface area contributed by atoms with Gasteiger partial charge in [-0.1, -0.05) is 24.4 Å². The van der Waals surface area contributed by atoms with E-state index in [0.29, 0.717) is 11.1 Å². The lowest BCUT2D eigenvalue weighted by atomic mass is 9.91. The summed E-state index contributed by atoms with van der Waals surface area (Å²) < 4.78 is 0.887. The van der Waals surface area contributed by atoms with Crippen LogP contribution in [0.4, 0.5) is 5.82 Å². The van der Waals surface area contributed by atoms with Crippen molar-refractivity contribution in [3.8, 4) is 0 Å². The number of rotatable bonds is 2. The van der Waals surface area contributed by atoms with Gasteiger partial charge in [0.25, 0.3) is 0 Å². The molecule has 0 aromatic carbocycles. The SMILES string of the molecule is N[C@@H]1CCCC[C@H]1Nc1ncc(Cl)cc1Br. The van der Waals surface area contributed by atoms with Crippen molar-refractivity contribution in [2.45, 2.75) is 37.8 Å². The molecule has 0 unspecified atom stereocenters. The van der Waals surface area contributed by atoms with Crippen molar-refractivity contribution in [2.24, 2.45) is 5.73 Å². The van der Waals surface area contributed by atoms with E-state index in [-0.39, 0.29) is 6.04 Å². The molecule has 1 saturated carbocycles. The quantitative estimate of drug-likeness (QED) is 0.882. The van der Waals surface area contributed by atoms with E-state index in [9.17, 15) is 0 Å². The van der Waals surface area contributed by atoms with Crippen LogP contribution in [-0.2, 0) is 0 Å². The number of halogens is 2. The largest absolute Gasteiger partial charge is 0.365 e. The van der Waals surface area contributed by atoms with E-state index in [1.54, 1.807) is 6.20 Å². The van der Waals surface area contributed by atoms with E-state index in [4.69, 9.17) is 17.3 Å². The van der Waals surface area contributed by atoms with Crippen LogP contribution in [-0.4, -0.2) is 17.1 Å². The maximum atomic E-state index is 6.08. The molecule has 5 heteroatoms. The van der Waals surface area contributed by atoms with Crippen molar-refractivity contribution in [2.75, 3.05) is 5.32 Å². The van der Waals surface area contributed by atoms with Crippen LogP contribution in [0.1, 0.15) is 25.7 Å². The summed E-state index contributed by atoms with van der Waals surface area (Å²) in [6.45, 7) is 0. The van der Waals surface area contributed by atoms with Crippen molar-refractivity contribution in [1.82, 2.24) is 4.98 Å². The molecule has 2 atom stereocenters. The second-order valence-corrected chi connectivity index (χ2v) is 5.47. The predicted octanol–water partition coefficient (Wildman–Crippen LogP) is 3.18. The average Bonchev–Trinajstić information content (AvgIpc) is 2.25. The number of nitrogens with zero attached hydrogens (tertiary/aromatic N) is 1. The highest BCUT2D eigenvalue weighted by Gasteiger charge is 2.22. The number of nitrogens with one attached hydrogen (secondary N) is 1. The lowest BCUT2D eigenvalue weighted by molar-refractivity contribution is 0.403. The first kappa shape index (κ1) is 12.1. The van der Waals surface area contributed by atoms with Crippen LogP contribution in [0.3, 0.4) is 0 Å². The third-order valence-electron chi connectivity index (χ3n) is 2.95. The zero-order valence-corrected chi connectivity index (χ0v) is 11.3. The van der Waals surface area contributed by atoms with Gasteiger partial charge in [-0.2, -0.15) is 0 Å². The molecule has 0 spiro atoms. The van der Waals surface area contributed by atoms with E-state index in [1.807, 2.05) is 6.07 Å². The molecule has 16 heavy (non-hydrogen) atoms. The van der Waals surface area contributed by atoms with Crippen molar-refractivity contribution < 1.29 is 0 Å². The van der Waals surface area contributed by atoms with Crippen LogP contribution in [0.15, 0.2) is 16.7 Å². The Bertz CT molecular complexity index is 372. The molecule has 1 aliphatic carbocycles. The van der Waals surface area contributed by atoms with Crippen LogP contribution in [0.5, 0.6) is 0 Å². The zero-order valence-electron chi connectivity index (χ0n) is 8.92. The van der Waals surface area contributed by atoms with Crippen LogP contribution in [0, 0.1) is 0 Å². The Morgan fingerprint density at radius 1 is 1.44 bits per heavy atom. The molecule has 2 rings (SSSR count). The number of anilines is 1. The molecule has 1 aliphatic rings. The van der Waals surface area contributed by atoms with E-state index in [1.165, 1.54) is 12.8 Å². The van der Waals surface area contributed by atoms with Crippen molar-refractivity contribution >= 4 is 33.3 Å². The van der Waals surface area contributed by atoms with Gasteiger partial charge < -0.3 is 11.1 Å². The third-order valence-corrected chi connectivity index (χ3v) is 3.76. The number of pyridine rings is 1. The summed E-state index contributed by atoms with van der Waals surface area (Å²) >= 11 is 9.29. The highest BCUT2D eigenvalue weighted by Crippen LogP contribution is 2.26. The van der Waals surface area contributed by atoms with Crippen LogP contribution < -0.4 is 11.1 Å². The molecule has 3 nitrogen and oxygen atoms in total. The first-order valence-corrected chi connectivity index (χ1v) is 6.67. The summed E-state index contributed by atoms with van der Waals surface area (Å²) in [6, 6.07) is 2.38. The fourth-order valence-corrected chi connectivity index (χ4v) is 2.79. The van der Waals surface area contributed by atoms with Gasteiger partial charge in [-0.3, -0.25) is 0 Å². The summed E-state index contributed by atoms with van der Waals surface area (Å²) in [6.07, 6.45) is 6.30. The molecule has 0 aliphatic heterocycles. The fraction of sp³-hybridized carbons (Fsp3) is 0.545. The molecular weight excluding hydrogens is 289 g/mol. The fourth-order valence-electron chi connectivity index (χ4n) is 2.04. The van der Waals surface area contributed by atoms with Gasteiger partial charge in [0.1, 0.15) is 5.82 Å². The molecule has 1 heterocycles. The first-order valence-electron chi connectivity index (χ1n) is 5.50. The lowest BCUT2D eigenvalue weighted by Gasteiger charge is -2.30. The number of hydrogen-bond donors (Lipinski definition) is 2. The number of aromatic nitrogens is 1. The Hall–Kier alpha value is -0.320. The molecular formula is C11H15BrClN3. The topological polar surface area (TPSA) is 50.9 Å². The van der Waals surface area contributed by atoms with Gasteiger partial charge in [0.15, 0.2) is 0 Å². The molecule has 1 fully saturated rings. The maximum absolute atomic E-state index is 6.08. The van der Waals surface area contributed by atoms with Crippen LogP contribution in [0.25, 0.3) is 0 Å². The maximum Gasteiger partial charge on any atom is 0.140 e. The Balaban J connectivity index is 2.07. The number of hydrogen-bond acceptors (Lipinski definition) is 3. The highest BCUT2D eigenvalue weighted by molar-refractivity contribution is 9.10. The highest BCUT2D eigenvalue weighted by atomic mass is 79.9. The van der Waals surface area contributed by atoms with Crippen LogP contribution in [0.2, 0.25) is 5.02 Å². The summed E-state index contributed by atoms with van der Waals surface area (Å²) in [5, 5.41) is 4.01. The number of nitrogens with two attached hydrogens (primary N) is 1. The Morgan fingerprint density at radius 2 is 2.19 bits per heavy atom. The Kier molecular flexibility index (Phi) is 4.05.